The molecule has 0 spiro atoms. The summed E-state index contributed by atoms with van der Waals surface area (Å²) in [6, 6.07) is 0. The third kappa shape index (κ3) is 64.9. The van der Waals surface area contributed by atoms with E-state index in [4.69, 9.17) is 18.5 Å². The Bertz CT molecular complexity index is 1530. The second-order valence-electron chi connectivity index (χ2n) is 24.2. The minimum atomic E-state index is -4.65. The zero-order valence-electron chi connectivity index (χ0n) is 53.3. The van der Waals surface area contributed by atoms with Crippen molar-refractivity contribution in [1.29, 1.82) is 0 Å². The molecular weight excluding hydrogens is 1010 g/mol. The summed E-state index contributed by atoms with van der Waals surface area (Å²) in [5.41, 5.74) is 0. The fourth-order valence-corrected chi connectivity index (χ4v) is 10.6. The predicted octanol–water partition coefficient (Wildman–Crippen LogP) is 21.2. The molecule has 0 aromatic rings. The molecule has 0 aromatic heterocycles. The van der Waals surface area contributed by atoms with Crippen LogP contribution in [0.2, 0.25) is 0 Å². The normalized spacial score (nSPS) is 13.5. The molecule has 0 saturated heterocycles. The van der Waals surface area contributed by atoms with Crippen molar-refractivity contribution >= 4 is 19.8 Å². The molecule has 0 aliphatic heterocycles. The number of rotatable bonds is 63. The molecule has 0 N–H and O–H groups in total. The monoisotopic (exact) mass is 1140 g/mol. The van der Waals surface area contributed by atoms with Gasteiger partial charge in [0.2, 0.25) is 0 Å². The predicted molar refractivity (Wildman–Crippen MR) is 342 cm³/mol. The average Bonchev–Trinajstić information content (AvgIpc) is 3.42. The maximum Gasteiger partial charge on any atom is 0.306 e. The van der Waals surface area contributed by atoms with Crippen molar-refractivity contribution in [2.75, 3.05) is 47.5 Å². The van der Waals surface area contributed by atoms with Crippen LogP contribution >= 0.6 is 7.82 Å². The third-order valence-corrected chi connectivity index (χ3v) is 16.0. The van der Waals surface area contributed by atoms with Crippen LogP contribution in [0.3, 0.4) is 0 Å². The summed E-state index contributed by atoms with van der Waals surface area (Å²) in [7, 11) is 1.13. The van der Waals surface area contributed by atoms with E-state index in [-0.39, 0.29) is 26.1 Å². The Morgan fingerprint density at radius 1 is 0.400 bits per heavy atom. The summed E-state index contributed by atoms with van der Waals surface area (Å²) < 4.78 is 34.1. The second kappa shape index (κ2) is 61.3. The molecule has 80 heavy (non-hydrogen) atoms. The number of allylic oxidation sites excluding steroid dienone is 10. The number of esters is 2. The molecule has 2 unspecified atom stereocenters. The fraction of sp³-hybridized carbons (Fsp3) is 0.829. The molecule has 0 aliphatic rings. The van der Waals surface area contributed by atoms with Gasteiger partial charge in [0, 0.05) is 12.8 Å². The smallest absolute Gasteiger partial charge is 0.306 e. The maximum absolute atomic E-state index is 12.8. The van der Waals surface area contributed by atoms with Crippen LogP contribution in [-0.4, -0.2) is 70.0 Å². The van der Waals surface area contributed by atoms with Gasteiger partial charge in [-0.2, -0.15) is 0 Å². The molecule has 0 rings (SSSR count). The average molecular weight is 1140 g/mol. The van der Waals surface area contributed by atoms with Crippen molar-refractivity contribution in [3.05, 3.63) is 60.8 Å². The molecule has 0 amide bonds. The van der Waals surface area contributed by atoms with Crippen LogP contribution in [-0.2, 0) is 32.7 Å². The molecule has 468 valence electrons. The van der Waals surface area contributed by atoms with Gasteiger partial charge in [0.25, 0.3) is 7.82 Å². The Labute approximate surface area is 496 Å². The number of ether oxygens (including phenoxy) is 2. The van der Waals surface area contributed by atoms with Gasteiger partial charge in [0.05, 0.1) is 27.7 Å². The number of hydrogen-bond acceptors (Lipinski definition) is 8. The molecule has 9 nitrogen and oxygen atoms in total. The van der Waals surface area contributed by atoms with Gasteiger partial charge in [0.15, 0.2) is 6.10 Å². The fourth-order valence-electron chi connectivity index (χ4n) is 9.87. The number of likely N-dealkylation sites (N-methyl/N-ethyl adjacent to an activating group) is 1. The lowest BCUT2D eigenvalue weighted by molar-refractivity contribution is -0.870. The van der Waals surface area contributed by atoms with Crippen LogP contribution in [0.1, 0.15) is 322 Å². The summed E-state index contributed by atoms with van der Waals surface area (Å²) in [4.78, 5) is 37.9. The molecular formula is C70H130NO8P. The molecule has 0 aliphatic carbocycles. The van der Waals surface area contributed by atoms with Crippen molar-refractivity contribution in [2.24, 2.45) is 0 Å². The Balaban J connectivity index is 3.90. The van der Waals surface area contributed by atoms with Gasteiger partial charge in [-0.25, -0.2) is 0 Å². The Kier molecular flexibility index (Phi) is 59.5. The van der Waals surface area contributed by atoms with Crippen LogP contribution in [0, 0.1) is 0 Å². The van der Waals surface area contributed by atoms with Crippen LogP contribution in [0.4, 0.5) is 0 Å². The molecule has 10 heteroatoms. The lowest BCUT2D eigenvalue weighted by Crippen LogP contribution is -2.37. The second-order valence-corrected chi connectivity index (χ2v) is 25.6. The molecule has 0 aromatic carbocycles. The number of carbonyl (C=O) groups excluding carboxylic acids is 2. The first kappa shape index (κ1) is 77.7. The lowest BCUT2D eigenvalue weighted by atomic mass is 10.0. The highest BCUT2D eigenvalue weighted by Gasteiger charge is 2.22. The standard InChI is InChI=1S/C70H130NO8P/c1-6-8-10-12-14-16-18-20-22-24-25-26-27-28-29-30-31-32-33-34-35-36-37-38-39-40-41-42-43-44-45-47-48-50-52-54-56-58-60-62-69(72)76-66-68(67-78-80(74,75)77-65-64-71(3,4)5)79-70(73)63-61-59-57-55-53-51-49-46-23-21-19-17-15-13-11-9-7-2/h9,11,15,17,21,23,49,51,55,57,68H,6-8,10,12-14,16,18-20,22,24-48,50,52-54,56,58-67H2,1-5H3/b11-9-,17-15-,23-21-,51-49-,57-55-. The van der Waals surface area contributed by atoms with Crippen LogP contribution < -0.4 is 4.89 Å². The molecule has 2 atom stereocenters. The van der Waals surface area contributed by atoms with Gasteiger partial charge >= 0.3 is 11.9 Å². The SMILES string of the molecule is CC/C=C\C/C=C\C/C=C\C/C=C\C/C=C\CCCC(=O)OC(COC(=O)CCCCCCCCCCCCCCCCCCCCCCCCCCCCCCCCCCCCCCCCC)COP(=O)([O-])OCC[N+](C)(C)C. The van der Waals surface area contributed by atoms with E-state index in [1.165, 1.54) is 231 Å². The molecule has 0 bridgehead atoms. The summed E-state index contributed by atoms with van der Waals surface area (Å²) in [6.45, 7) is 4.09. The highest BCUT2D eigenvalue weighted by molar-refractivity contribution is 7.45. The van der Waals surface area contributed by atoms with E-state index < -0.39 is 32.5 Å². The Hall–Kier alpha value is -2.29. The van der Waals surface area contributed by atoms with Crippen molar-refractivity contribution in [2.45, 2.75) is 328 Å². The van der Waals surface area contributed by atoms with Gasteiger partial charge in [-0.05, 0) is 51.4 Å². The minimum absolute atomic E-state index is 0.0423. The van der Waals surface area contributed by atoms with Gasteiger partial charge < -0.3 is 27.9 Å². The maximum atomic E-state index is 12.8. The van der Waals surface area contributed by atoms with E-state index in [2.05, 4.69) is 68.5 Å². The van der Waals surface area contributed by atoms with E-state index in [0.29, 0.717) is 23.9 Å². The number of nitrogens with zero attached hydrogens (tertiary/aromatic N) is 1. The van der Waals surface area contributed by atoms with Crippen LogP contribution in [0.5, 0.6) is 0 Å². The van der Waals surface area contributed by atoms with Crippen molar-refractivity contribution in [1.82, 2.24) is 0 Å². The number of phosphoric ester groups is 1. The van der Waals surface area contributed by atoms with Crippen molar-refractivity contribution in [3.63, 3.8) is 0 Å². The summed E-state index contributed by atoms with van der Waals surface area (Å²) >= 11 is 0. The van der Waals surface area contributed by atoms with E-state index in [1.54, 1.807) is 0 Å². The Morgan fingerprint density at radius 3 is 1.05 bits per heavy atom. The molecule has 0 radical (unpaired) electrons. The summed E-state index contributed by atoms with van der Waals surface area (Å²) in [5, 5.41) is 0. The molecule has 0 fully saturated rings. The lowest BCUT2D eigenvalue weighted by Gasteiger charge is -2.28. The van der Waals surface area contributed by atoms with Gasteiger partial charge in [-0.1, -0.05) is 319 Å². The summed E-state index contributed by atoms with van der Waals surface area (Å²) in [5.74, 6) is -0.892. The Morgan fingerprint density at radius 2 is 0.713 bits per heavy atom. The first-order valence-corrected chi connectivity index (χ1v) is 35.5. The minimum Gasteiger partial charge on any atom is -0.756 e. The summed E-state index contributed by atoms with van der Waals surface area (Å²) in [6.07, 6.45) is 80.7. The quantitative estimate of drug-likeness (QED) is 0.0195. The number of phosphoric acid groups is 1. The zero-order chi connectivity index (χ0) is 58.4. The zero-order valence-corrected chi connectivity index (χ0v) is 54.2. The van der Waals surface area contributed by atoms with Gasteiger partial charge in [-0.15, -0.1) is 0 Å². The van der Waals surface area contributed by atoms with Gasteiger partial charge in [0.1, 0.15) is 19.8 Å². The topological polar surface area (TPSA) is 111 Å². The van der Waals surface area contributed by atoms with E-state index in [0.717, 1.165) is 51.4 Å². The number of hydrogen-bond donors (Lipinski definition) is 0. The third-order valence-electron chi connectivity index (χ3n) is 15.1. The first-order valence-electron chi connectivity index (χ1n) is 34.0. The number of carbonyl (C=O) groups is 2. The first-order chi connectivity index (χ1) is 39.0. The van der Waals surface area contributed by atoms with Gasteiger partial charge in [-0.3, -0.25) is 14.2 Å². The van der Waals surface area contributed by atoms with E-state index >= 15 is 0 Å². The van der Waals surface area contributed by atoms with Crippen molar-refractivity contribution in [3.8, 4) is 0 Å². The van der Waals surface area contributed by atoms with Crippen LogP contribution in [0.25, 0.3) is 0 Å². The molecule has 0 saturated carbocycles. The highest BCUT2D eigenvalue weighted by atomic mass is 31.2. The van der Waals surface area contributed by atoms with E-state index in [9.17, 15) is 19.0 Å². The van der Waals surface area contributed by atoms with E-state index in [1.807, 2.05) is 27.2 Å². The molecule has 0 heterocycles. The largest absolute Gasteiger partial charge is 0.756 e. The highest BCUT2D eigenvalue weighted by Crippen LogP contribution is 2.38. The number of unbranched alkanes of at least 4 members (excludes halogenated alkanes) is 39. The van der Waals surface area contributed by atoms with Crippen LogP contribution in [0.15, 0.2) is 60.8 Å². The van der Waals surface area contributed by atoms with Crippen molar-refractivity contribution < 1.29 is 42.1 Å². The number of quaternary nitrogens is 1.